The lowest BCUT2D eigenvalue weighted by atomic mass is 10.1. The Morgan fingerprint density at radius 2 is 1.93 bits per heavy atom. The molecule has 2 aromatic carbocycles. The smallest absolute Gasteiger partial charge is 0.293 e. The van der Waals surface area contributed by atoms with Gasteiger partial charge in [-0.15, -0.1) is 0 Å². The van der Waals surface area contributed by atoms with Crippen molar-refractivity contribution in [1.82, 2.24) is 9.97 Å². The first-order valence-corrected chi connectivity index (χ1v) is 8.97. The lowest BCUT2D eigenvalue weighted by molar-refractivity contribution is -0.383. The van der Waals surface area contributed by atoms with Crippen molar-refractivity contribution in [2.24, 2.45) is 0 Å². The number of fused-ring (bicyclic) bond motifs is 1. The number of aliphatic hydroxyl groups excluding tert-OH is 1. The van der Waals surface area contributed by atoms with Crippen LogP contribution in [0.15, 0.2) is 42.7 Å². The Hall–Kier alpha value is -3.46. The van der Waals surface area contributed by atoms with E-state index in [1.54, 1.807) is 6.07 Å². The van der Waals surface area contributed by atoms with Gasteiger partial charge in [-0.1, -0.05) is 18.2 Å². The fraction of sp³-hybridized carbons (Fsp3) is 0.263. The zero-order valence-electron chi connectivity index (χ0n) is 15.5. The highest BCUT2D eigenvalue weighted by molar-refractivity contribution is 5.94. The first-order chi connectivity index (χ1) is 13.6. The first-order valence-electron chi connectivity index (χ1n) is 8.97. The maximum absolute atomic E-state index is 11.5. The van der Waals surface area contributed by atoms with E-state index in [1.807, 2.05) is 31.2 Å². The van der Waals surface area contributed by atoms with Crippen LogP contribution < -0.4 is 16.0 Å². The quantitative estimate of drug-likeness (QED) is 0.329. The van der Waals surface area contributed by atoms with E-state index in [4.69, 9.17) is 5.11 Å². The van der Waals surface area contributed by atoms with Crippen molar-refractivity contribution in [1.29, 1.82) is 0 Å². The number of benzene rings is 2. The number of nitrogens with one attached hydrogen (secondary N) is 3. The molecule has 28 heavy (non-hydrogen) atoms. The third kappa shape index (κ3) is 4.26. The average Bonchev–Trinajstić information content (AvgIpc) is 2.70. The van der Waals surface area contributed by atoms with Crippen LogP contribution in [0.4, 0.5) is 22.9 Å². The van der Waals surface area contributed by atoms with Crippen LogP contribution in [0.1, 0.15) is 12.5 Å². The molecule has 0 radical (unpaired) electrons. The molecule has 1 aromatic heterocycles. The van der Waals surface area contributed by atoms with Crippen LogP contribution in [0, 0.1) is 10.1 Å². The molecular weight excluding hydrogens is 360 g/mol. The highest BCUT2D eigenvalue weighted by Gasteiger charge is 2.17. The number of hydrogen-bond acceptors (Lipinski definition) is 8. The second-order valence-electron chi connectivity index (χ2n) is 6.06. The SMILES string of the molecule is CCNc1cc2ncnc(NCc3ccccc3NCCO)c2cc1[N+](=O)[O-]. The molecule has 0 aliphatic rings. The van der Waals surface area contributed by atoms with Crippen LogP contribution in [-0.4, -0.2) is 39.7 Å². The standard InChI is InChI=1S/C19H22N6O3/c1-2-20-17-10-16-14(9-18(17)25(27)28)19(24-12-23-16)22-11-13-5-3-4-6-15(13)21-7-8-26/h3-6,9-10,12,20-21,26H,2,7-8,11H2,1H3,(H,22,23,24). The number of nitrogens with zero attached hydrogens (tertiary/aromatic N) is 3. The number of aromatic nitrogens is 2. The van der Waals surface area contributed by atoms with Crippen molar-refractivity contribution in [2.75, 3.05) is 35.6 Å². The summed E-state index contributed by atoms with van der Waals surface area (Å²) in [5.74, 6) is 0.521. The molecule has 0 saturated heterocycles. The number of para-hydroxylation sites is 1. The molecule has 0 amide bonds. The van der Waals surface area contributed by atoms with Gasteiger partial charge in [0.25, 0.3) is 5.69 Å². The lowest BCUT2D eigenvalue weighted by Gasteiger charge is -2.14. The van der Waals surface area contributed by atoms with E-state index < -0.39 is 4.92 Å². The average molecular weight is 382 g/mol. The summed E-state index contributed by atoms with van der Waals surface area (Å²) in [5, 5.41) is 30.5. The van der Waals surface area contributed by atoms with E-state index in [9.17, 15) is 10.1 Å². The number of anilines is 3. The molecule has 0 bridgehead atoms. The van der Waals surface area contributed by atoms with Gasteiger partial charge in [-0.2, -0.15) is 0 Å². The topological polar surface area (TPSA) is 125 Å². The van der Waals surface area contributed by atoms with E-state index in [0.717, 1.165) is 11.3 Å². The van der Waals surface area contributed by atoms with Gasteiger partial charge in [-0.05, 0) is 24.6 Å². The van der Waals surface area contributed by atoms with Crippen LogP contribution in [0.3, 0.4) is 0 Å². The second-order valence-corrected chi connectivity index (χ2v) is 6.06. The Bertz CT molecular complexity index is 979. The zero-order valence-corrected chi connectivity index (χ0v) is 15.5. The molecule has 0 atom stereocenters. The summed E-state index contributed by atoms with van der Waals surface area (Å²) in [7, 11) is 0. The molecule has 9 heteroatoms. The van der Waals surface area contributed by atoms with Gasteiger partial charge < -0.3 is 21.1 Å². The van der Waals surface area contributed by atoms with Gasteiger partial charge in [0.2, 0.25) is 0 Å². The van der Waals surface area contributed by atoms with Gasteiger partial charge in [-0.3, -0.25) is 10.1 Å². The summed E-state index contributed by atoms with van der Waals surface area (Å²) in [6, 6.07) is 10.9. The predicted octanol–water partition coefficient (Wildman–Crippen LogP) is 2.99. The molecule has 0 spiro atoms. The number of nitro groups is 1. The highest BCUT2D eigenvalue weighted by atomic mass is 16.6. The second kappa shape index (κ2) is 8.96. The van der Waals surface area contributed by atoms with Crippen molar-refractivity contribution in [3.63, 3.8) is 0 Å². The molecular formula is C19H22N6O3. The number of hydrogen-bond donors (Lipinski definition) is 4. The molecule has 0 aliphatic heterocycles. The van der Waals surface area contributed by atoms with Gasteiger partial charge >= 0.3 is 0 Å². The van der Waals surface area contributed by atoms with Gasteiger partial charge in [0.1, 0.15) is 17.8 Å². The van der Waals surface area contributed by atoms with Gasteiger partial charge in [0, 0.05) is 36.8 Å². The van der Waals surface area contributed by atoms with Gasteiger partial charge in [0.15, 0.2) is 0 Å². The fourth-order valence-electron chi connectivity index (χ4n) is 2.93. The Balaban J connectivity index is 1.92. The van der Waals surface area contributed by atoms with Crippen molar-refractivity contribution >= 4 is 33.8 Å². The van der Waals surface area contributed by atoms with Crippen LogP contribution in [0.5, 0.6) is 0 Å². The number of rotatable bonds is 9. The molecule has 0 saturated carbocycles. The largest absolute Gasteiger partial charge is 0.395 e. The van der Waals surface area contributed by atoms with Crippen molar-refractivity contribution in [3.8, 4) is 0 Å². The minimum Gasteiger partial charge on any atom is -0.395 e. The van der Waals surface area contributed by atoms with E-state index >= 15 is 0 Å². The van der Waals surface area contributed by atoms with Crippen LogP contribution in [-0.2, 0) is 6.54 Å². The normalized spacial score (nSPS) is 10.6. The summed E-state index contributed by atoms with van der Waals surface area (Å²) >= 11 is 0. The molecule has 3 aromatic rings. The first kappa shape index (κ1) is 19.3. The third-order valence-electron chi connectivity index (χ3n) is 4.21. The van der Waals surface area contributed by atoms with E-state index in [2.05, 4.69) is 25.9 Å². The molecule has 9 nitrogen and oxygen atoms in total. The van der Waals surface area contributed by atoms with E-state index in [-0.39, 0.29) is 12.3 Å². The van der Waals surface area contributed by atoms with Gasteiger partial charge in [-0.25, -0.2) is 9.97 Å². The number of aliphatic hydroxyl groups is 1. The van der Waals surface area contributed by atoms with E-state index in [1.165, 1.54) is 12.4 Å². The van der Waals surface area contributed by atoms with Crippen molar-refractivity contribution in [2.45, 2.75) is 13.5 Å². The summed E-state index contributed by atoms with van der Waals surface area (Å²) in [6.07, 6.45) is 1.43. The molecule has 146 valence electrons. The van der Waals surface area contributed by atoms with Crippen LogP contribution in [0.25, 0.3) is 10.9 Å². The van der Waals surface area contributed by atoms with E-state index in [0.29, 0.717) is 42.0 Å². The molecule has 1 heterocycles. The third-order valence-corrected chi connectivity index (χ3v) is 4.21. The summed E-state index contributed by atoms with van der Waals surface area (Å²) in [5.41, 5.74) is 2.93. The Morgan fingerprint density at radius 1 is 1.11 bits per heavy atom. The van der Waals surface area contributed by atoms with Crippen LogP contribution in [0.2, 0.25) is 0 Å². The number of nitro benzene ring substituents is 1. The molecule has 4 N–H and O–H groups in total. The van der Waals surface area contributed by atoms with Gasteiger partial charge in [0.05, 0.1) is 17.0 Å². The lowest BCUT2D eigenvalue weighted by Crippen LogP contribution is -2.10. The molecule has 3 rings (SSSR count). The Morgan fingerprint density at radius 3 is 2.68 bits per heavy atom. The minimum atomic E-state index is -0.414. The Labute approximate surface area is 162 Å². The molecule has 0 fully saturated rings. The zero-order chi connectivity index (χ0) is 19.9. The summed E-state index contributed by atoms with van der Waals surface area (Å²) in [4.78, 5) is 19.5. The monoisotopic (exact) mass is 382 g/mol. The predicted molar refractivity (Wildman–Crippen MR) is 110 cm³/mol. The maximum atomic E-state index is 11.5. The summed E-state index contributed by atoms with van der Waals surface area (Å²) < 4.78 is 0. The highest BCUT2D eigenvalue weighted by Crippen LogP contribution is 2.32. The fourth-order valence-corrected chi connectivity index (χ4v) is 2.93. The maximum Gasteiger partial charge on any atom is 0.293 e. The molecule has 0 aliphatic carbocycles. The van der Waals surface area contributed by atoms with Crippen molar-refractivity contribution in [3.05, 3.63) is 58.4 Å². The summed E-state index contributed by atoms with van der Waals surface area (Å²) in [6.45, 7) is 3.40. The molecule has 0 unspecified atom stereocenters. The van der Waals surface area contributed by atoms with Crippen LogP contribution >= 0.6 is 0 Å². The Kier molecular flexibility index (Phi) is 6.18. The van der Waals surface area contributed by atoms with Crippen molar-refractivity contribution < 1.29 is 10.0 Å². The minimum absolute atomic E-state index is 0.0165.